The molecular weight excluding hydrogens is 479 g/mol. The number of benzene rings is 2. The quantitative estimate of drug-likeness (QED) is 0.454. The van der Waals surface area contributed by atoms with Crippen LogP contribution in [0, 0.1) is 14.9 Å². The van der Waals surface area contributed by atoms with Gasteiger partial charge in [-0.15, -0.1) is 0 Å². The fourth-order valence-corrected chi connectivity index (χ4v) is 4.11. The van der Waals surface area contributed by atoms with Crippen LogP contribution in [0.5, 0.6) is 11.5 Å². The Balaban J connectivity index is 1.93. The van der Waals surface area contributed by atoms with E-state index in [1.165, 1.54) is 7.11 Å². The van der Waals surface area contributed by atoms with Gasteiger partial charge >= 0.3 is 0 Å². The third-order valence-corrected chi connectivity index (χ3v) is 5.31. The fourth-order valence-electron chi connectivity index (χ4n) is 2.49. The van der Waals surface area contributed by atoms with Crippen LogP contribution in [0.4, 0.5) is 10.5 Å². The summed E-state index contributed by atoms with van der Waals surface area (Å²) in [7, 11) is 1.50. The SMILES string of the molecule is COc1cc(/C=C2\SC(=O)N(c3ccccc3)C2=O)cc(I)c1OCC#N. The summed E-state index contributed by atoms with van der Waals surface area (Å²) in [6.45, 7) is -0.0956. The Morgan fingerprint density at radius 2 is 2.00 bits per heavy atom. The van der Waals surface area contributed by atoms with Crippen molar-refractivity contribution in [2.24, 2.45) is 0 Å². The zero-order valence-corrected chi connectivity index (χ0v) is 17.1. The van der Waals surface area contributed by atoms with E-state index in [0.717, 1.165) is 20.2 Å². The van der Waals surface area contributed by atoms with Crippen molar-refractivity contribution < 1.29 is 19.1 Å². The van der Waals surface area contributed by atoms with E-state index in [0.29, 0.717) is 27.7 Å². The van der Waals surface area contributed by atoms with Gasteiger partial charge in [0.05, 0.1) is 21.3 Å². The molecule has 1 saturated heterocycles. The molecule has 1 aliphatic heterocycles. The number of carbonyl (C=O) groups excluding carboxylic acids is 2. The lowest BCUT2D eigenvalue weighted by molar-refractivity contribution is -0.113. The van der Waals surface area contributed by atoms with Crippen LogP contribution in [0.25, 0.3) is 6.08 Å². The molecule has 0 N–H and O–H groups in total. The highest BCUT2D eigenvalue weighted by molar-refractivity contribution is 14.1. The van der Waals surface area contributed by atoms with Gasteiger partial charge in [-0.25, -0.2) is 4.90 Å². The number of amides is 2. The van der Waals surface area contributed by atoms with E-state index >= 15 is 0 Å². The van der Waals surface area contributed by atoms with Gasteiger partial charge in [0, 0.05) is 0 Å². The average molecular weight is 492 g/mol. The zero-order chi connectivity index (χ0) is 19.4. The van der Waals surface area contributed by atoms with Gasteiger partial charge in [-0.1, -0.05) is 18.2 Å². The Morgan fingerprint density at radius 3 is 2.67 bits per heavy atom. The maximum Gasteiger partial charge on any atom is 0.298 e. The van der Waals surface area contributed by atoms with Crippen LogP contribution in [0.2, 0.25) is 0 Å². The molecule has 0 spiro atoms. The highest BCUT2D eigenvalue weighted by atomic mass is 127. The molecule has 0 aliphatic carbocycles. The van der Waals surface area contributed by atoms with Gasteiger partial charge in [0.25, 0.3) is 11.1 Å². The van der Waals surface area contributed by atoms with E-state index in [1.54, 1.807) is 42.5 Å². The minimum absolute atomic E-state index is 0.0956. The van der Waals surface area contributed by atoms with E-state index in [9.17, 15) is 9.59 Å². The second-order valence-corrected chi connectivity index (χ2v) is 7.49. The minimum atomic E-state index is -0.366. The van der Waals surface area contributed by atoms with Crippen LogP contribution in [0.1, 0.15) is 5.56 Å². The Hall–Kier alpha value is -2.51. The van der Waals surface area contributed by atoms with Crippen molar-refractivity contribution in [2.45, 2.75) is 0 Å². The number of para-hydroxylation sites is 1. The Bertz CT molecular complexity index is 970. The third-order valence-electron chi connectivity index (χ3n) is 3.64. The lowest BCUT2D eigenvalue weighted by atomic mass is 10.1. The number of ether oxygens (including phenoxy) is 2. The molecule has 0 unspecified atom stereocenters. The second-order valence-electron chi connectivity index (χ2n) is 5.33. The first-order chi connectivity index (χ1) is 13.0. The van der Waals surface area contributed by atoms with Crippen LogP contribution in [0.15, 0.2) is 47.4 Å². The molecule has 2 amide bonds. The van der Waals surface area contributed by atoms with Gasteiger partial charge in [-0.3, -0.25) is 9.59 Å². The van der Waals surface area contributed by atoms with Crippen molar-refractivity contribution in [3.8, 4) is 17.6 Å². The molecule has 0 aromatic heterocycles. The van der Waals surface area contributed by atoms with Crippen LogP contribution < -0.4 is 14.4 Å². The van der Waals surface area contributed by atoms with Crippen molar-refractivity contribution in [3.63, 3.8) is 0 Å². The molecule has 0 saturated carbocycles. The molecule has 2 aromatic rings. The monoisotopic (exact) mass is 492 g/mol. The molecule has 1 fully saturated rings. The molecule has 1 heterocycles. The summed E-state index contributed by atoms with van der Waals surface area (Å²) in [5.74, 6) is 0.551. The third kappa shape index (κ3) is 4.09. The van der Waals surface area contributed by atoms with E-state index in [-0.39, 0.29) is 17.8 Å². The molecule has 6 nitrogen and oxygen atoms in total. The minimum Gasteiger partial charge on any atom is -0.493 e. The Kier molecular flexibility index (Phi) is 6.03. The van der Waals surface area contributed by atoms with Gasteiger partial charge in [0.1, 0.15) is 6.07 Å². The van der Waals surface area contributed by atoms with Gasteiger partial charge in [-0.05, 0) is 70.3 Å². The van der Waals surface area contributed by atoms with Crippen LogP contribution >= 0.6 is 34.4 Å². The summed E-state index contributed by atoms with van der Waals surface area (Å²) in [6, 6.07) is 14.2. The average Bonchev–Trinajstić information content (AvgIpc) is 2.94. The fraction of sp³-hybridized carbons (Fsp3) is 0.105. The first-order valence-corrected chi connectivity index (χ1v) is 9.65. The number of carbonyl (C=O) groups is 2. The van der Waals surface area contributed by atoms with Crippen molar-refractivity contribution in [3.05, 3.63) is 56.5 Å². The molecule has 136 valence electrons. The predicted octanol–water partition coefficient (Wildman–Crippen LogP) is 4.44. The van der Waals surface area contributed by atoms with Gasteiger partial charge in [0.2, 0.25) is 0 Å². The largest absolute Gasteiger partial charge is 0.493 e. The predicted molar refractivity (Wildman–Crippen MR) is 112 cm³/mol. The highest BCUT2D eigenvalue weighted by Crippen LogP contribution is 2.38. The van der Waals surface area contributed by atoms with Crippen molar-refractivity contribution in [1.29, 1.82) is 5.26 Å². The van der Waals surface area contributed by atoms with Crippen molar-refractivity contribution in [2.75, 3.05) is 18.6 Å². The number of halogens is 1. The molecule has 0 radical (unpaired) electrons. The smallest absolute Gasteiger partial charge is 0.298 e. The molecule has 1 aliphatic rings. The molecule has 8 heteroatoms. The maximum atomic E-state index is 12.7. The number of methoxy groups -OCH3 is 1. The second kappa shape index (κ2) is 8.45. The normalized spacial score (nSPS) is 15.1. The lowest BCUT2D eigenvalue weighted by Crippen LogP contribution is -2.27. The lowest BCUT2D eigenvalue weighted by Gasteiger charge is -2.12. The number of hydrogen-bond donors (Lipinski definition) is 0. The van der Waals surface area contributed by atoms with Crippen molar-refractivity contribution in [1.82, 2.24) is 0 Å². The first kappa shape index (κ1) is 19.3. The van der Waals surface area contributed by atoms with Crippen LogP contribution in [0.3, 0.4) is 0 Å². The standard InChI is InChI=1S/C19H13IN2O4S/c1-25-15-10-12(9-14(20)17(15)26-8-7-21)11-16-18(23)22(19(24)27-16)13-5-3-2-4-6-13/h2-6,9-11H,8H2,1H3/b16-11-. The summed E-state index contributed by atoms with van der Waals surface area (Å²) in [6.07, 6.45) is 1.65. The molecule has 27 heavy (non-hydrogen) atoms. The van der Waals surface area contributed by atoms with Gasteiger partial charge in [-0.2, -0.15) is 5.26 Å². The van der Waals surface area contributed by atoms with Crippen molar-refractivity contribution >= 4 is 57.3 Å². The zero-order valence-electron chi connectivity index (χ0n) is 14.1. The topological polar surface area (TPSA) is 79.6 Å². The molecule has 0 atom stereocenters. The Morgan fingerprint density at radius 1 is 1.26 bits per heavy atom. The van der Waals surface area contributed by atoms with Crippen LogP contribution in [-0.4, -0.2) is 24.9 Å². The molecule has 3 rings (SSSR count). The van der Waals surface area contributed by atoms with Gasteiger partial charge < -0.3 is 9.47 Å². The Labute approximate surface area is 173 Å². The van der Waals surface area contributed by atoms with E-state index in [2.05, 4.69) is 22.6 Å². The number of rotatable bonds is 5. The molecule has 2 aromatic carbocycles. The number of imide groups is 1. The number of anilines is 1. The summed E-state index contributed by atoms with van der Waals surface area (Å²) in [5.41, 5.74) is 1.23. The summed E-state index contributed by atoms with van der Waals surface area (Å²) in [5, 5.41) is 8.35. The first-order valence-electron chi connectivity index (χ1n) is 7.75. The van der Waals surface area contributed by atoms with E-state index in [1.807, 2.05) is 12.1 Å². The summed E-state index contributed by atoms with van der Waals surface area (Å²) < 4.78 is 11.5. The molecular formula is C19H13IN2O4S. The van der Waals surface area contributed by atoms with E-state index in [4.69, 9.17) is 14.7 Å². The number of thioether (sulfide) groups is 1. The van der Waals surface area contributed by atoms with Crippen LogP contribution in [-0.2, 0) is 4.79 Å². The number of nitriles is 1. The maximum absolute atomic E-state index is 12.7. The summed E-state index contributed by atoms with van der Waals surface area (Å²) in [4.78, 5) is 26.5. The highest BCUT2D eigenvalue weighted by Gasteiger charge is 2.36. The van der Waals surface area contributed by atoms with E-state index < -0.39 is 0 Å². The molecule has 0 bridgehead atoms. The summed E-state index contributed by atoms with van der Waals surface area (Å²) >= 11 is 2.96. The number of nitrogens with zero attached hydrogens (tertiary/aromatic N) is 2. The number of hydrogen-bond acceptors (Lipinski definition) is 6. The van der Waals surface area contributed by atoms with Gasteiger partial charge in [0.15, 0.2) is 18.1 Å².